The van der Waals surface area contributed by atoms with Gasteiger partial charge in [0.25, 0.3) is 0 Å². The molecule has 90 valence electrons. The molecule has 0 fully saturated rings. The van der Waals surface area contributed by atoms with Gasteiger partial charge in [-0.15, -0.1) is 0 Å². The van der Waals surface area contributed by atoms with Gasteiger partial charge in [-0.3, -0.25) is 0 Å². The molecule has 0 bridgehead atoms. The summed E-state index contributed by atoms with van der Waals surface area (Å²) in [5.41, 5.74) is 7.93. The molecule has 2 N–H and O–H groups in total. The Bertz CT molecular complexity index is 302. The summed E-state index contributed by atoms with van der Waals surface area (Å²) in [5.74, 6) is 0. The first kappa shape index (κ1) is 12.8. The van der Waals surface area contributed by atoms with Crippen LogP contribution in [0.1, 0.15) is 20.3 Å². The molecule has 0 unspecified atom stereocenters. The number of hydrogen-bond donors (Lipinski definition) is 1. The summed E-state index contributed by atoms with van der Waals surface area (Å²) in [6.45, 7) is 7.63. The third-order valence-corrected chi connectivity index (χ3v) is 2.48. The highest BCUT2D eigenvalue weighted by molar-refractivity contribution is 5.67. The molecule has 0 aliphatic heterocycles. The maximum atomic E-state index is 5.97. The van der Waals surface area contributed by atoms with Crippen LogP contribution in [0.5, 0.6) is 0 Å². The van der Waals surface area contributed by atoms with E-state index >= 15 is 0 Å². The topological polar surface area (TPSA) is 38.5 Å². The van der Waals surface area contributed by atoms with Crippen molar-refractivity contribution >= 4 is 11.4 Å². The fourth-order valence-electron chi connectivity index (χ4n) is 1.72. The molecule has 0 aromatic heterocycles. The quantitative estimate of drug-likeness (QED) is 0.569. The van der Waals surface area contributed by atoms with Crippen molar-refractivity contribution in [2.75, 3.05) is 36.9 Å². The second-order valence-corrected chi connectivity index (χ2v) is 3.74. The standard InChI is InChI=1S/C13H22N2O/c1-3-9-15(10-11-16-4-2)13-8-6-5-7-12(13)14/h5-8H,3-4,9-11,14H2,1-2H3. The Morgan fingerprint density at radius 3 is 2.56 bits per heavy atom. The van der Waals surface area contributed by atoms with Crippen LogP contribution in [0.4, 0.5) is 11.4 Å². The largest absolute Gasteiger partial charge is 0.397 e. The van der Waals surface area contributed by atoms with Crippen LogP contribution in [-0.2, 0) is 4.74 Å². The minimum absolute atomic E-state index is 0.755. The van der Waals surface area contributed by atoms with Crippen LogP contribution in [0.2, 0.25) is 0 Å². The molecular formula is C13H22N2O. The maximum Gasteiger partial charge on any atom is 0.0641 e. The van der Waals surface area contributed by atoms with Gasteiger partial charge in [0, 0.05) is 19.7 Å². The van der Waals surface area contributed by atoms with Gasteiger partial charge in [-0.2, -0.15) is 0 Å². The number of nitrogens with zero attached hydrogens (tertiary/aromatic N) is 1. The van der Waals surface area contributed by atoms with Crippen molar-refractivity contribution in [2.24, 2.45) is 0 Å². The predicted molar refractivity (Wildman–Crippen MR) is 69.9 cm³/mol. The number of rotatable bonds is 7. The Hall–Kier alpha value is -1.22. The number of para-hydroxylation sites is 2. The smallest absolute Gasteiger partial charge is 0.0641 e. The van der Waals surface area contributed by atoms with Crippen LogP contribution in [0.3, 0.4) is 0 Å². The average Bonchev–Trinajstić information content (AvgIpc) is 2.29. The Morgan fingerprint density at radius 2 is 1.94 bits per heavy atom. The highest BCUT2D eigenvalue weighted by Crippen LogP contribution is 2.22. The van der Waals surface area contributed by atoms with Crippen LogP contribution in [0.25, 0.3) is 0 Å². The Balaban J connectivity index is 2.65. The van der Waals surface area contributed by atoms with Gasteiger partial charge in [0.15, 0.2) is 0 Å². The predicted octanol–water partition coefficient (Wildman–Crippen LogP) is 2.52. The van der Waals surface area contributed by atoms with Crippen molar-refractivity contribution in [2.45, 2.75) is 20.3 Å². The molecule has 1 aromatic rings. The molecule has 3 nitrogen and oxygen atoms in total. The molecule has 0 atom stereocenters. The fraction of sp³-hybridized carbons (Fsp3) is 0.538. The van der Waals surface area contributed by atoms with Crippen molar-refractivity contribution in [3.63, 3.8) is 0 Å². The second kappa shape index (κ2) is 7.12. The lowest BCUT2D eigenvalue weighted by atomic mass is 10.2. The first-order valence-electron chi connectivity index (χ1n) is 5.96. The van der Waals surface area contributed by atoms with E-state index in [-0.39, 0.29) is 0 Å². The number of benzene rings is 1. The van der Waals surface area contributed by atoms with Gasteiger partial charge >= 0.3 is 0 Å². The van der Waals surface area contributed by atoms with E-state index in [0.29, 0.717) is 0 Å². The zero-order valence-corrected chi connectivity index (χ0v) is 10.3. The summed E-state index contributed by atoms with van der Waals surface area (Å²) in [7, 11) is 0. The molecule has 0 amide bonds. The van der Waals surface area contributed by atoms with Crippen LogP contribution >= 0.6 is 0 Å². The zero-order chi connectivity index (χ0) is 11.8. The van der Waals surface area contributed by atoms with E-state index < -0.39 is 0 Å². The summed E-state index contributed by atoms with van der Waals surface area (Å²) in [6, 6.07) is 8.00. The molecule has 16 heavy (non-hydrogen) atoms. The first-order chi connectivity index (χ1) is 7.79. The molecule has 0 aliphatic rings. The van der Waals surface area contributed by atoms with E-state index in [1.807, 2.05) is 25.1 Å². The highest BCUT2D eigenvalue weighted by Gasteiger charge is 2.07. The van der Waals surface area contributed by atoms with E-state index in [4.69, 9.17) is 10.5 Å². The van der Waals surface area contributed by atoms with Crippen molar-refractivity contribution in [3.05, 3.63) is 24.3 Å². The normalized spacial score (nSPS) is 10.4. The Kier molecular flexibility index (Phi) is 5.72. The number of nitrogen functional groups attached to an aromatic ring is 1. The second-order valence-electron chi connectivity index (χ2n) is 3.74. The van der Waals surface area contributed by atoms with Gasteiger partial charge in [0.1, 0.15) is 0 Å². The van der Waals surface area contributed by atoms with E-state index in [0.717, 1.165) is 44.1 Å². The SMILES string of the molecule is CCCN(CCOCC)c1ccccc1N. The molecule has 0 spiro atoms. The number of hydrogen-bond acceptors (Lipinski definition) is 3. The van der Waals surface area contributed by atoms with Crippen molar-refractivity contribution in [1.29, 1.82) is 0 Å². The molecule has 3 heteroatoms. The third-order valence-electron chi connectivity index (χ3n) is 2.48. The lowest BCUT2D eigenvalue weighted by Crippen LogP contribution is -2.29. The molecule has 0 saturated carbocycles. The fourth-order valence-corrected chi connectivity index (χ4v) is 1.72. The summed E-state index contributed by atoms with van der Waals surface area (Å²) in [6.07, 6.45) is 1.11. The monoisotopic (exact) mass is 222 g/mol. The summed E-state index contributed by atoms with van der Waals surface area (Å²) in [4.78, 5) is 2.28. The Labute approximate surface area is 98.2 Å². The Morgan fingerprint density at radius 1 is 1.19 bits per heavy atom. The summed E-state index contributed by atoms with van der Waals surface area (Å²) < 4.78 is 5.39. The van der Waals surface area contributed by atoms with Gasteiger partial charge in [0.2, 0.25) is 0 Å². The third kappa shape index (κ3) is 3.74. The molecule has 1 rings (SSSR count). The number of ether oxygens (including phenoxy) is 1. The average molecular weight is 222 g/mol. The highest BCUT2D eigenvalue weighted by atomic mass is 16.5. The van der Waals surface area contributed by atoms with Gasteiger partial charge in [-0.25, -0.2) is 0 Å². The van der Waals surface area contributed by atoms with Crippen molar-refractivity contribution < 1.29 is 4.74 Å². The van der Waals surface area contributed by atoms with E-state index in [2.05, 4.69) is 17.9 Å². The van der Waals surface area contributed by atoms with Crippen LogP contribution in [-0.4, -0.2) is 26.3 Å². The minimum Gasteiger partial charge on any atom is -0.397 e. The van der Waals surface area contributed by atoms with Crippen molar-refractivity contribution in [3.8, 4) is 0 Å². The summed E-state index contributed by atoms with van der Waals surface area (Å²) in [5, 5.41) is 0. The lowest BCUT2D eigenvalue weighted by Gasteiger charge is -2.25. The van der Waals surface area contributed by atoms with Gasteiger partial charge in [-0.1, -0.05) is 19.1 Å². The van der Waals surface area contributed by atoms with Crippen LogP contribution in [0, 0.1) is 0 Å². The molecule has 1 aromatic carbocycles. The first-order valence-corrected chi connectivity index (χ1v) is 5.96. The van der Waals surface area contributed by atoms with Gasteiger partial charge in [-0.05, 0) is 25.5 Å². The van der Waals surface area contributed by atoms with Crippen LogP contribution in [0.15, 0.2) is 24.3 Å². The maximum absolute atomic E-state index is 5.97. The number of anilines is 2. The molecule has 0 radical (unpaired) electrons. The van der Waals surface area contributed by atoms with Gasteiger partial charge in [0.05, 0.1) is 18.0 Å². The molecule has 0 saturated heterocycles. The van der Waals surface area contributed by atoms with E-state index in [9.17, 15) is 0 Å². The molecule has 0 aliphatic carbocycles. The van der Waals surface area contributed by atoms with Gasteiger partial charge < -0.3 is 15.4 Å². The van der Waals surface area contributed by atoms with Crippen molar-refractivity contribution in [1.82, 2.24) is 0 Å². The number of nitrogens with two attached hydrogens (primary N) is 1. The minimum atomic E-state index is 0.755. The van der Waals surface area contributed by atoms with E-state index in [1.165, 1.54) is 0 Å². The lowest BCUT2D eigenvalue weighted by molar-refractivity contribution is 0.154. The molecule has 0 heterocycles. The van der Waals surface area contributed by atoms with E-state index in [1.54, 1.807) is 0 Å². The zero-order valence-electron chi connectivity index (χ0n) is 10.3. The van der Waals surface area contributed by atoms with Crippen LogP contribution < -0.4 is 10.6 Å². The molecular weight excluding hydrogens is 200 g/mol. The summed E-state index contributed by atoms with van der Waals surface area (Å²) >= 11 is 0.